The third-order valence-corrected chi connectivity index (χ3v) is 4.97. The SMILES string of the molecule is COc1ccc(C(=O)NC(CC(=O)O)c2ccccc2Cl)nc1-c1ccc(C#N)cc1F. The number of amides is 1. The molecule has 3 rings (SSSR count). The lowest BCUT2D eigenvalue weighted by Gasteiger charge is -2.19. The molecule has 0 saturated carbocycles. The molecule has 1 heterocycles. The van der Waals surface area contributed by atoms with Crippen LogP contribution in [0.5, 0.6) is 5.75 Å². The maximum Gasteiger partial charge on any atom is 0.305 e. The van der Waals surface area contributed by atoms with Crippen LogP contribution in [0.25, 0.3) is 11.3 Å². The molecule has 0 radical (unpaired) electrons. The molecule has 0 fully saturated rings. The molecule has 0 aliphatic carbocycles. The molecule has 32 heavy (non-hydrogen) atoms. The number of halogens is 2. The van der Waals surface area contributed by atoms with Crippen LogP contribution < -0.4 is 10.1 Å². The molecule has 0 aliphatic rings. The number of benzene rings is 2. The van der Waals surface area contributed by atoms with Crippen LogP contribution in [-0.4, -0.2) is 29.1 Å². The Hall–Kier alpha value is -3.96. The number of carbonyl (C=O) groups is 2. The van der Waals surface area contributed by atoms with Gasteiger partial charge < -0.3 is 15.2 Å². The Balaban J connectivity index is 1.98. The fraction of sp³-hybridized carbons (Fsp3) is 0.130. The number of hydrogen-bond acceptors (Lipinski definition) is 5. The van der Waals surface area contributed by atoms with Crippen LogP contribution in [0.15, 0.2) is 54.6 Å². The number of carboxylic acids is 1. The second-order valence-corrected chi connectivity index (χ2v) is 7.11. The molecular formula is C23H17ClFN3O4. The number of carbonyl (C=O) groups excluding carboxylic acids is 1. The van der Waals surface area contributed by atoms with E-state index in [9.17, 15) is 19.1 Å². The molecule has 7 nitrogen and oxygen atoms in total. The van der Waals surface area contributed by atoms with Crippen molar-refractivity contribution in [2.24, 2.45) is 0 Å². The van der Waals surface area contributed by atoms with Gasteiger partial charge in [0, 0.05) is 10.6 Å². The van der Waals surface area contributed by atoms with E-state index >= 15 is 0 Å². The number of methoxy groups -OCH3 is 1. The van der Waals surface area contributed by atoms with Gasteiger partial charge in [-0.15, -0.1) is 0 Å². The quantitative estimate of drug-likeness (QED) is 0.549. The summed E-state index contributed by atoms with van der Waals surface area (Å²) in [5.74, 6) is -2.28. The highest BCUT2D eigenvalue weighted by Gasteiger charge is 2.23. The van der Waals surface area contributed by atoms with Crippen LogP contribution in [0.1, 0.15) is 34.1 Å². The second kappa shape index (κ2) is 9.90. The average Bonchev–Trinajstić information content (AvgIpc) is 2.78. The fourth-order valence-corrected chi connectivity index (χ4v) is 3.38. The minimum Gasteiger partial charge on any atom is -0.494 e. The molecule has 2 N–H and O–H groups in total. The van der Waals surface area contributed by atoms with E-state index in [0.717, 1.165) is 6.07 Å². The first-order chi connectivity index (χ1) is 15.3. The predicted molar refractivity (Wildman–Crippen MR) is 115 cm³/mol. The van der Waals surface area contributed by atoms with Crippen molar-refractivity contribution in [3.8, 4) is 23.1 Å². The minimum atomic E-state index is -1.13. The summed E-state index contributed by atoms with van der Waals surface area (Å²) in [4.78, 5) is 28.5. The van der Waals surface area contributed by atoms with Crippen molar-refractivity contribution in [2.45, 2.75) is 12.5 Å². The number of aromatic nitrogens is 1. The monoisotopic (exact) mass is 453 g/mol. The Bertz CT molecular complexity index is 1230. The molecular weight excluding hydrogens is 437 g/mol. The van der Waals surface area contributed by atoms with Crippen LogP contribution in [0.3, 0.4) is 0 Å². The Morgan fingerprint density at radius 1 is 1.25 bits per heavy atom. The molecule has 0 bridgehead atoms. The minimum absolute atomic E-state index is 0.0451. The lowest BCUT2D eigenvalue weighted by Crippen LogP contribution is -2.31. The molecule has 3 aromatic rings. The third kappa shape index (κ3) is 5.02. The van der Waals surface area contributed by atoms with Crippen molar-refractivity contribution < 1.29 is 23.8 Å². The Morgan fingerprint density at radius 3 is 2.62 bits per heavy atom. The van der Waals surface area contributed by atoms with E-state index in [1.54, 1.807) is 24.3 Å². The Morgan fingerprint density at radius 2 is 2.00 bits per heavy atom. The molecule has 2 aromatic carbocycles. The van der Waals surface area contributed by atoms with Crippen molar-refractivity contribution in [3.05, 3.63) is 82.3 Å². The molecule has 1 amide bonds. The molecule has 162 valence electrons. The normalized spacial score (nSPS) is 11.3. The number of pyridine rings is 1. The Kier molecular flexibility index (Phi) is 7.03. The van der Waals surface area contributed by atoms with Crippen molar-refractivity contribution >= 4 is 23.5 Å². The molecule has 0 spiro atoms. The van der Waals surface area contributed by atoms with Gasteiger partial charge in [-0.2, -0.15) is 5.26 Å². The summed E-state index contributed by atoms with van der Waals surface area (Å²) in [7, 11) is 1.38. The van der Waals surface area contributed by atoms with Gasteiger partial charge in [-0.05, 0) is 42.0 Å². The van der Waals surface area contributed by atoms with Crippen molar-refractivity contribution in [1.29, 1.82) is 5.26 Å². The van der Waals surface area contributed by atoms with Crippen molar-refractivity contribution in [1.82, 2.24) is 10.3 Å². The number of aliphatic carboxylic acids is 1. The van der Waals surface area contributed by atoms with E-state index in [4.69, 9.17) is 21.6 Å². The highest BCUT2D eigenvalue weighted by molar-refractivity contribution is 6.31. The number of rotatable bonds is 7. The highest BCUT2D eigenvalue weighted by Crippen LogP contribution is 2.31. The highest BCUT2D eigenvalue weighted by atomic mass is 35.5. The van der Waals surface area contributed by atoms with Crippen LogP contribution >= 0.6 is 11.6 Å². The first-order valence-corrected chi connectivity index (χ1v) is 9.74. The summed E-state index contributed by atoms with van der Waals surface area (Å²) in [6, 6.07) is 14.2. The third-order valence-electron chi connectivity index (χ3n) is 4.63. The molecule has 1 aromatic heterocycles. The van der Waals surface area contributed by atoms with Gasteiger partial charge in [0.2, 0.25) is 0 Å². The zero-order valence-electron chi connectivity index (χ0n) is 16.8. The average molecular weight is 454 g/mol. The predicted octanol–water partition coefficient (Wildman–Crippen LogP) is 4.37. The van der Waals surface area contributed by atoms with Gasteiger partial charge in [0.1, 0.15) is 23.0 Å². The number of nitriles is 1. The van der Waals surface area contributed by atoms with Gasteiger partial charge >= 0.3 is 5.97 Å². The maximum absolute atomic E-state index is 14.6. The molecule has 0 saturated heterocycles. The van der Waals surface area contributed by atoms with Gasteiger partial charge in [-0.1, -0.05) is 29.8 Å². The van der Waals surface area contributed by atoms with Gasteiger partial charge in [-0.25, -0.2) is 9.37 Å². The van der Waals surface area contributed by atoms with Gasteiger partial charge in [-0.3, -0.25) is 9.59 Å². The van der Waals surface area contributed by atoms with E-state index in [1.165, 1.54) is 31.4 Å². The van der Waals surface area contributed by atoms with E-state index in [2.05, 4.69) is 10.3 Å². The first-order valence-electron chi connectivity index (χ1n) is 9.36. The topological polar surface area (TPSA) is 112 Å². The number of hydrogen-bond donors (Lipinski definition) is 2. The summed E-state index contributed by atoms with van der Waals surface area (Å²) in [5, 5.41) is 21.1. The number of carboxylic acid groups (broad SMARTS) is 1. The smallest absolute Gasteiger partial charge is 0.305 e. The van der Waals surface area contributed by atoms with E-state index < -0.39 is 30.2 Å². The van der Waals surface area contributed by atoms with Crippen LogP contribution in [-0.2, 0) is 4.79 Å². The van der Waals surface area contributed by atoms with Gasteiger partial charge in [0.15, 0.2) is 0 Å². The zero-order valence-corrected chi connectivity index (χ0v) is 17.6. The summed E-state index contributed by atoms with van der Waals surface area (Å²) >= 11 is 6.18. The summed E-state index contributed by atoms with van der Waals surface area (Å²) in [6.07, 6.45) is -0.400. The maximum atomic E-state index is 14.6. The van der Waals surface area contributed by atoms with Crippen LogP contribution in [0, 0.1) is 17.1 Å². The van der Waals surface area contributed by atoms with E-state index in [0.29, 0.717) is 10.6 Å². The molecule has 1 atom stereocenters. The summed E-state index contributed by atoms with van der Waals surface area (Å²) in [5.41, 5.74) is 0.609. The standard InChI is InChI=1S/C23H17ClFN3O4/c1-32-20-9-8-18(27-22(20)15-7-6-13(12-26)10-17(15)25)23(31)28-19(11-21(29)30)14-4-2-3-5-16(14)24/h2-10,19H,11H2,1H3,(H,28,31)(H,29,30). The number of nitrogens with one attached hydrogen (secondary N) is 1. The number of ether oxygens (including phenoxy) is 1. The Labute approximate surface area is 188 Å². The molecule has 1 unspecified atom stereocenters. The van der Waals surface area contributed by atoms with E-state index in [-0.39, 0.29) is 28.3 Å². The summed E-state index contributed by atoms with van der Waals surface area (Å²) in [6.45, 7) is 0. The van der Waals surface area contributed by atoms with Crippen molar-refractivity contribution in [2.75, 3.05) is 7.11 Å². The number of nitrogens with zero attached hydrogens (tertiary/aromatic N) is 2. The largest absolute Gasteiger partial charge is 0.494 e. The summed E-state index contributed by atoms with van der Waals surface area (Å²) < 4.78 is 19.8. The lowest BCUT2D eigenvalue weighted by molar-refractivity contribution is -0.137. The van der Waals surface area contributed by atoms with Gasteiger partial charge in [0.25, 0.3) is 5.91 Å². The zero-order chi connectivity index (χ0) is 23.3. The lowest BCUT2D eigenvalue weighted by atomic mass is 10.0. The van der Waals surface area contributed by atoms with Crippen LogP contribution in [0.2, 0.25) is 5.02 Å². The van der Waals surface area contributed by atoms with Crippen LogP contribution in [0.4, 0.5) is 4.39 Å². The van der Waals surface area contributed by atoms with Gasteiger partial charge in [0.05, 0.1) is 31.2 Å². The molecule has 0 aliphatic heterocycles. The fourth-order valence-electron chi connectivity index (χ4n) is 3.11. The molecule has 9 heteroatoms. The second-order valence-electron chi connectivity index (χ2n) is 6.70. The van der Waals surface area contributed by atoms with E-state index in [1.807, 2.05) is 6.07 Å². The first kappa shape index (κ1) is 22.7. The van der Waals surface area contributed by atoms with Crippen molar-refractivity contribution in [3.63, 3.8) is 0 Å².